The second-order valence-electron chi connectivity index (χ2n) is 21.4. The van der Waals surface area contributed by atoms with Crippen LogP contribution in [0.25, 0.3) is 0 Å². The van der Waals surface area contributed by atoms with Crippen LogP contribution >= 0.6 is 0 Å². The molecule has 0 aromatic heterocycles. The summed E-state index contributed by atoms with van der Waals surface area (Å²) in [6.07, 6.45) is 102. The molecular formula is C72H123NO3. The van der Waals surface area contributed by atoms with Crippen LogP contribution in [0.3, 0.4) is 0 Å². The summed E-state index contributed by atoms with van der Waals surface area (Å²) < 4.78 is 0. The monoisotopic (exact) mass is 1050 g/mol. The number of allylic oxidation sites excluding steroid dienone is 21. The zero-order valence-electron chi connectivity index (χ0n) is 50.0. The molecule has 0 aliphatic rings. The highest BCUT2D eigenvalue weighted by Gasteiger charge is 2.18. The zero-order chi connectivity index (χ0) is 54.8. The highest BCUT2D eigenvalue weighted by Crippen LogP contribution is 2.17. The Kier molecular flexibility index (Phi) is 62.8. The Morgan fingerprint density at radius 2 is 0.592 bits per heavy atom. The number of hydrogen-bond acceptors (Lipinski definition) is 3. The number of carbonyl (C=O) groups excluding carboxylic acids is 1. The largest absolute Gasteiger partial charge is 0.394 e. The fourth-order valence-electron chi connectivity index (χ4n) is 9.25. The van der Waals surface area contributed by atoms with Gasteiger partial charge in [0.05, 0.1) is 18.8 Å². The van der Waals surface area contributed by atoms with Gasteiger partial charge in [0.1, 0.15) is 0 Å². The molecule has 0 bridgehead atoms. The Bertz CT molecular complexity index is 1520. The Labute approximate surface area is 472 Å². The maximum Gasteiger partial charge on any atom is 0.220 e. The van der Waals surface area contributed by atoms with Crippen molar-refractivity contribution >= 4 is 5.91 Å². The van der Waals surface area contributed by atoms with Gasteiger partial charge in [0.25, 0.3) is 0 Å². The molecule has 0 spiro atoms. The lowest BCUT2D eigenvalue weighted by atomic mass is 10.0. The molecule has 4 nitrogen and oxygen atoms in total. The molecule has 0 aromatic rings. The van der Waals surface area contributed by atoms with E-state index in [1.807, 2.05) is 6.08 Å². The number of unbranched alkanes of at least 4 members (excludes halogenated alkanes) is 31. The van der Waals surface area contributed by atoms with Gasteiger partial charge >= 0.3 is 0 Å². The van der Waals surface area contributed by atoms with Gasteiger partial charge in [0, 0.05) is 6.42 Å². The van der Waals surface area contributed by atoms with Crippen molar-refractivity contribution in [3.8, 4) is 0 Å². The Balaban J connectivity index is 3.62. The van der Waals surface area contributed by atoms with E-state index < -0.39 is 12.1 Å². The highest BCUT2D eigenvalue weighted by atomic mass is 16.3. The average Bonchev–Trinajstić information content (AvgIpc) is 3.42. The first-order valence-corrected chi connectivity index (χ1v) is 32.4. The van der Waals surface area contributed by atoms with E-state index in [0.29, 0.717) is 6.42 Å². The van der Waals surface area contributed by atoms with Crippen molar-refractivity contribution in [2.75, 3.05) is 6.61 Å². The molecule has 4 heteroatoms. The third kappa shape index (κ3) is 61.4. The van der Waals surface area contributed by atoms with E-state index in [4.69, 9.17) is 0 Å². The molecule has 0 aliphatic carbocycles. The third-order valence-corrected chi connectivity index (χ3v) is 14.1. The summed E-state index contributed by atoms with van der Waals surface area (Å²) in [6.45, 7) is 4.19. The summed E-state index contributed by atoms with van der Waals surface area (Å²) in [5.41, 5.74) is 0. The molecule has 3 N–H and O–H groups in total. The van der Waals surface area contributed by atoms with E-state index in [-0.39, 0.29) is 12.5 Å². The van der Waals surface area contributed by atoms with Crippen LogP contribution in [0, 0.1) is 0 Å². The fourth-order valence-corrected chi connectivity index (χ4v) is 9.25. The second-order valence-corrected chi connectivity index (χ2v) is 21.4. The summed E-state index contributed by atoms with van der Waals surface area (Å²) in [4.78, 5) is 12.5. The minimum atomic E-state index is -0.883. The fraction of sp³-hybridized carbons (Fsp3) is 0.681. The van der Waals surface area contributed by atoms with E-state index in [1.165, 1.54) is 173 Å². The number of amides is 1. The number of aliphatic hydroxyl groups is 2. The molecule has 0 rings (SSSR count). The van der Waals surface area contributed by atoms with Crippen molar-refractivity contribution < 1.29 is 15.0 Å². The zero-order valence-corrected chi connectivity index (χ0v) is 50.0. The molecule has 76 heavy (non-hydrogen) atoms. The highest BCUT2D eigenvalue weighted by molar-refractivity contribution is 5.76. The van der Waals surface area contributed by atoms with Gasteiger partial charge in [-0.3, -0.25) is 4.79 Å². The molecule has 0 saturated carbocycles. The summed E-state index contributed by atoms with van der Waals surface area (Å²) in [5.74, 6) is -0.0957. The lowest BCUT2D eigenvalue weighted by Gasteiger charge is -2.19. The Hall–Kier alpha value is -3.47. The van der Waals surface area contributed by atoms with Crippen LogP contribution in [0.1, 0.15) is 296 Å². The van der Waals surface area contributed by atoms with Crippen molar-refractivity contribution in [1.29, 1.82) is 0 Å². The smallest absolute Gasteiger partial charge is 0.220 e. The summed E-state index contributed by atoms with van der Waals surface area (Å²) in [7, 11) is 0. The van der Waals surface area contributed by atoms with E-state index >= 15 is 0 Å². The van der Waals surface area contributed by atoms with E-state index in [2.05, 4.69) is 141 Å². The Morgan fingerprint density at radius 1 is 0.329 bits per heavy atom. The molecule has 0 aliphatic heterocycles. The molecule has 2 atom stereocenters. The lowest BCUT2D eigenvalue weighted by Crippen LogP contribution is -2.45. The van der Waals surface area contributed by atoms with Crippen LogP contribution in [0.4, 0.5) is 0 Å². The van der Waals surface area contributed by atoms with Crippen molar-refractivity contribution in [3.63, 3.8) is 0 Å². The SMILES string of the molecule is CC/C=C\C/C=C\C/C=C\C/C=C\C/C=C\C/C=C\C/C=C\C/C=C\C/C=C\CCCCCCCC(=O)NC(CO)C(O)/C=C/CC/C=C/CCCCCCCCCCCCCCCCCCCCCCCCCCC. The average molecular weight is 1050 g/mol. The first-order valence-electron chi connectivity index (χ1n) is 32.4. The van der Waals surface area contributed by atoms with Gasteiger partial charge in [-0.25, -0.2) is 0 Å². The van der Waals surface area contributed by atoms with Crippen LogP contribution in [-0.2, 0) is 4.79 Å². The summed E-state index contributed by atoms with van der Waals surface area (Å²) in [5, 5.41) is 23.2. The van der Waals surface area contributed by atoms with Gasteiger partial charge in [0.15, 0.2) is 0 Å². The summed E-state index contributed by atoms with van der Waals surface area (Å²) in [6, 6.07) is -0.662. The number of nitrogens with one attached hydrogen (secondary N) is 1. The molecule has 434 valence electrons. The number of aliphatic hydroxyl groups excluding tert-OH is 2. The number of rotatable bonds is 58. The van der Waals surface area contributed by atoms with Crippen molar-refractivity contribution in [1.82, 2.24) is 5.32 Å². The Morgan fingerprint density at radius 3 is 0.921 bits per heavy atom. The quantitative estimate of drug-likeness (QED) is 0.0420. The maximum absolute atomic E-state index is 12.5. The van der Waals surface area contributed by atoms with Gasteiger partial charge < -0.3 is 15.5 Å². The molecule has 1 amide bonds. The van der Waals surface area contributed by atoms with E-state index in [9.17, 15) is 15.0 Å². The minimum Gasteiger partial charge on any atom is -0.394 e. The van der Waals surface area contributed by atoms with Gasteiger partial charge in [-0.05, 0) is 103 Å². The predicted octanol–water partition coefficient (Wildman–Crippen LogP) is 22.1. The predicted molar refractivity (Wildman–Crippen MR) is 340 cm³/mol. The van der Waals surface area contributed by atoms with Crippen molar-refractivity contribution in [2.45, 2.75) is 309 Å². The van der Waals surface area contributed by atoms with Crippen LogP contribution in [0.15, 0.2) is 134 Å². The molecule has 0 heterocycles. The van der Waals surface area contributed by atoms with Crippen molar-refractivity contribution in [3.05, 3.63) is 134 Å². The molecule has 0 aromatic carbocycles. The lowest BCUT2D eigenvalue weighted by molar-refractivity contribution is -0.123. The van der Waals surface area contributed by atoms with Crippen LogP contribution in [0.5, 0.6) is 0 Å². The van der Waals surface area contributed by atoms with Gasteiger partial charge in [-0.1, -0.05) is 321 Å². The van der Waals surface area contributed by atoms with Crippen LogP contribution in [0.2, 0.25) is 0 Å². The first kappa shape index (κ1) is 72.5. The molecule has 0 saturated heterocycles. The van der Waals surface area contributed by atoms with E-state index in [1.54, 1.807) is 6.08 Å². The second kappa shape index (κ2) is 65.8. The standard InChI is InChI=1S/C72H123NO3/c1-3-5-7-9-11-13-15-17-19-21-23-25-27-29-31-33-35-36-38-40-42-44-46-48-50-52-54-56-58-60-62-64-66-68-72(76)73-70(69-74)71(75)67-65-63-61-59-57-55-53-51-49-47-45-43-41-39-37-34-32-30-28-26-24-22-20-18-16-14-12-10-8-6-4-2/h5,7,11,13,17,19,23,25,29,31,35-36,40,42,46,48,52,54,57,59,65,67,70-71,74-75H,3-4,6,8-10,12,14-16,18,20-22,24,26-28,30,32-34,37-39,41,43-45,47,49-51,53,55-56,58,60-64,66,68-69H2,1-2H3,(H,73,76)/b7-5-,13-11-,19-17-,25-23-,31-29-,36-35-,42-40-,48-46-,54-52-,59-57+,67-65+. The molecule has 2 unspecified atom stereocenters. The first-order chi connectivity index (χ1) is 37.7. The third-order valence-electron chi connectivity index (χ3n) is 14.1. The normalized spacial score (nSPS) is 13.7. The topological polar surface area (TPSA) is 69.6 Å². The number of carbonyl (C=O) groups is 1. The molecule has 0 fully saturated rings. The van der Waals surface area contributed by atoms with Gasteiger partial charge in [-0.15, -0.1) is 0 Å². The molecular weight excluding hydrogens is 927 g/mol. The maximum atomic E-state index is 12.5. The van der Waals surface area contributed by atoms with Gasteiger partial charge in [0.2, 0.25) is 5.91 Å². The van der Waals surface area contributed by atoms with Crippen LogP contribution < -0.4 is 5.32 Å². The molecule has 0 radical (unpaired) electrons. The number of hydrogen-bond donors (Lipinski definition) is 3. The van der Waals surface area contributed by atoms with Crippen molar-refractivity contribution in [2.24, 2.45) is 0 Å². The van der Waals surface area contributed by atoms with Crippen LogP contribution in [-0.4, -0.2) is 34.9 Å². The van der Waals surface area contributed by atoms with E-state index in [0.717, 1.165) is 103 Å². The summed E-state index contributed by atoms with van der Waals surface area (Å²) >= 11 is 0. The minimum absolute atomic E-state index is 0.0957. The van der Waals surface area contributed by atoms with Gasteiger partial charge in [-0.2, -0.15) is 0 Å².